The Morgan fingerprint density at radius 3 is 1.85 bits per heavy atom. The summed E-state index contributed by atoms with van der Waals surface area (Å²) in [5.41, 5.74) is 16.9. The molecular weight excluding hydrogens is 796 g/mol. The molecular formula is C56H50ClN4S+. The van der Waals surface area contributed by atoms with Crippen molar-refractivity contribution in [2.45, 2.75) is 41.5 Å². The zero-order valence-electron chi connectivity index (χ0n) is 36.2. The van der Waals surface area contributed by atoms with Gasteiger partial charge >= 0.3 is 0 Å². The molecule has 0 saturated heterocycles. The van der Waals surface area contributed by atoms with Crippen LogP contribution in [0.3, 0.4) is 0 Å². The molecule has 0 bridgehead atoms. The quantitative estimate of drug-likeness (QED) is 0.122. The molecule has 1 aromatic heterocycles. The number of anilines is 5. The lowest BCUT2D eigenvalue weighted by atomic mass is 9.90. The van der Waals surface area contributed by atoms with Crippen LogP contribution in [0.25, 0.3) is 16.7 Å². The molecule has 0 fully saturated rings. The minimum Gasteiger partial charge on any atom is -0.341 e. The van der Waals surface area contributed by atoms with E-state index in [-0.39, 0.29) is 0 Å². The van der Waals surface area contributed by atoms with Crippen LogP contribution in [-0.4, -0.2) is 23.4 Å². The molecule has 0 atom stereocenters. The molecule has 0 radical (unpaired) electrons. The number of halogens is 1. The Labute approximate surface area is 375 Å². The van der Waals surface area contributed by atoms with Gasteiger partial charge in [0.2, 0.25) is 11.4 Å². The Kier molecular flexibility index (Phi) is 12.5. The Hall–Kier alpha value is -6.71. The first-order valence-electron chi connectivity index (χ1n) is 21.2. The molecule has 1 heterocycles. The summed E-state index contributed by atoms with van der Waals surface area (Å²) in [5.74, 6) is 0. The molecule has 6 aromatic carbocycles. The van der Waals surface area contributed by atoms with Crippen molar-refractivity contribution in [1.82, 2.24) is 0 Å². The highest BCUT2D eigenvalue weighted by atomic mass is 35.5. The maximum atomic E-state index is 11.4. The first kappa shape index (κ1) is 42.0. The number of hydrogen-bond donors (Lipinski definition) is 0. The smallest absolute Gasteiger partial charge is 0.227 e. The van der Waals surface area contributed by atoms with Gasteiger partial charge in [-0.25, -0.2) is 0 Å². The highest BCUT2D eigenvalue weighted by Crippen LogP contribution is 2.52. The van der Waals surface area contributed by atoms with Gasteiger partial charge in [-0.15, -0.1) is 11.3 Å². The summed E-state index contributed by atoms with van der Waals surface area (Å²) >= 11 is 8.52. The average molecular weight is 847 g/mol. The molecule has 8 rings (SSSR count). The third-order valence-electron chi connectivity index (χ3n) is 11.6. The first-order valence-corrected chi connectivity index (χ1v) is 22.4. The second kappa shape index (κ2) is 18.5. The van der Waals surface area contributed by atoms with Crippen LogP contribution in [-0.2, 0) is 0 Å². The molecule has 306 valence electrons. The van der Waals surface area contributed by atoms with Crippen LogP contribution >= 0.6 is 22.9 Å². The van der Waals surface area contributed by atoms with E-state index in [1.165, 1.54) is 16.8 Å². The van der Waals surface area contributed by atoms with E-state index in [9.17, 15) is 5.26 Å². The number of nitrogens with zero attached hydrogens (tertiary/aromatic N) is 4. The van der Waals surface area contributed by atoms with E-state index in [0.29, 0.717) is 5.56 Å². The summed E-state index contributed by atoms with van der Waals surface area (Å²) < 4.78 is 2.27. The number of benzene rings is 6. The normalized spacial score (nSPS) is 12.0. The van der Waals surface area contributed by atoms with Crippen LogP contribution in [0.15, 0.2) is 175 Å². The SMILES string of the molecule is CCN(c1ccc(C(=C2C=CC(=[N+](CC)c3c(C)cccc3Cl)C=C2)c2sc(N(c3ccccc3)c3ccccc3C)c(C#N)c2-c2ccccc2)cc1)c1c(C)cccc1C. The lowest BCUT2D eigenvalue weighted by molar-refractivity contribution is -0.434. The van der Waals surface area contributed by atoms with E-state index in [4.69, 9.17) is 11.6 Å². The van der Waals surface area contributed by atoms with Gasteiger partial charge in [0.25, 0.3) is 0 Å². The van der Waals surface area contributed by atoms with E-state index in [1.807, 2.05) is 24.3 Å². The molecule has 0 N–H and O–H groups in total. The molecule has 0 saturated carbocycles. The van der Waals surface area contributed by atoms with Crippen LogP contribution in [0.2, 0.25) is 5.02 Å². The van der Waals surface area contributed by atoms with E-state index < -0.39 is 0 Å². The summed E-state index contributed by atoms with van der Waals surface area (Å²) in [5, 5.41) is 13.0. The molecule has 6 heteroatoms. The molecule has 7 aromatic rings. The Bertz CT molecular complexity index is 2870. The Morgan fingerprint density at radius 2 is 1.24 bits per heavy atom. The van der Waals surface area contributed by atoms with E-state index in [2.05, 4.69) is 208 Å². The minimum absolute atomic E-state index is 0.632. The van der Waals surface area contributed by atoms with Gasteiger partial charge in [0.15, 0.2) is 0 Å². The predicted octanol–water partition coefficient (Wildman–Crippen LogP) is 15.5. The zero-order valence-corrected chi connectivity index (χ0v) is 37.7. The predicted molar refractivity (Wildman–Crippen MR) is 265 cm³/mol. The van der Waals surface area contributed by atoms with E-state index in [0.717, 1.165) is 95.4 Å². The van der Waals surface area contributed by atoms with Crippen LogP contribution in [0, 0.1) is 39.0 Å². The number of hydrogen-bond acceptors (Lipinski definition) is 4. The van der Waals surface area contributed by atoms with Gasteiger partial charge in [-0.1, -0.05) is 121 Å². The van der Waals surface area contributed by atoms with Crippen molar-refractivity contribution in [3.05, 3.63) is 219 Å². The maximum Gasteiger partial charge on any atom is 0.227 e. The van der Waals surface area contributed by atoms with Crippen LogP contribution < -0.4 is 9.80 Å². The molecule has 0 amide bonds. The molecule has 0 aliphatic heterocycles. The monoisotopic (exact) mass is 845 g/mol. The van der Waals surface area contributed by atoms with Gasteiger partial charge in [0, 0.05) is 63.0 Å². The Morgan fingerprint density at radius 1 is 0.645 bits per heavy atom. The van der Waals surface area contributed by atoms with Crippen molar-refractivity contribution in [1.29, 1.82) is 5.26 Å². The highest BCUT2D eigenvalue weighted by Gasteiger charge is 2.30. The average Bonchev–Trinajstić information content (AvgIpc) is 3.67. The van der Waals surface area contributed by atoms with Gasteiger partial charge < -0.3 is 9.80 Å². The van der Waals surface area contributed by atoms with Gasteiger partial charge in [-0.05, 0) is 123 Å². The highest BCUT2D eigenvalue weighted by molar-refractivity contribution is 7.18. The van der Waals surface area contributed by atoms with Crippen LogP contribution in [0.5, 0.6) is 0 Å². The lowest BCUT2D eigenvalue weighted by Crippen LogP contribution is -2.18. The van der Waals surface area contributed by atoms with Crippen molar-refractivity contribution in [3.63, 3.8) is 0 Å². The Balaban J connectivity index is 1.40. The van der Waals surface area contributed by atoms with Crippen LogP contribution in [0.1, 0.15) is 52.1 Å². The molecule has 1 aliphatic rings. The second-order valence-electron chi connectivity index (χ2n) is 15.5. The summed E-state index contributed by atoms with van der Waals surface area (Å²) in [6.45, 7) is 14.5. The van der Waals surface area contributed by atoms with Gasteiger partial charge in [-0.3, -0.25) is 0 Å². The van der Waals surface area contributed by atoms with Crippen molar-refractivity contribution < 1.29 is 4.58 Å². The molecule has 0 spiro atoms. The van der Waals surface area contributed by atoms with Crippen LogP contribution in [0.4, 0.5) is 33.4 Å². The fraction of sp³-hybridized carbons (Fsp3) is 0.143. The van der Waals surface area contributed by atoms with E-state index in [1.54, 1.807) is 11.3 Å². The minimum atomic E-state index is 0.632. The molecule has 0 unspecified atom stereocenters. The standard InChI is InChI=1S/C56H50ClN4S/c1-7-59(53-39(4)20-17-21-40(53)5)45-33-29-43(30-34-45)51(44-31-35-46(36-32-44)60(8-2)54-41(6)22-18-27-49(54)57)55-52(42-23-11-9-12-24-42)48(37-58)56(62-55)61(47-25-13-10-14-26-47)50-28-16-15-19-38(50)3/h9-36H,7-8H2,1-6H3/q+1. The summed E-state index contributed by atoms with van der Waals surface area (Å²) in [6.07, 6.45) is 8.83. The third kappa shape index (κ3) is 8.08. The zero-order chi connectivity index (χ0) is 43.3. The van der Waals surface area contributed by atoms with Gasteiger partial charge in [-0.2, -0.15) is 9.84 Å². The van der Waals surface area contributed by atoms with Gasteiger partial charge in [0.1, 0.15) is 22.6 Å². The molecule has 1 aliphatic carbocycles. The molecule has 62 heavy (non-hydrogen) atoms. The van der Waals surface area contributed by atoms with Crippen molar-refractivity contribution in [2.75, 3.05) is 22.9 Å². The molecule has 4 nitrogen and oxygen atoms in total. The number of nitriles is 1. The fourth-order valence-corrected chi connectivity index (χ4v) is 10.4. The van der Waals surface area contributed by atoms with Crippen molar-refractivity contribution in [2.24, 2.45) is 0 Å². The number of thiophene rings is 1. The number of aryl methyl sites for hydroxylation is 4. The summed E-state index contributed by atoms with van der Waals surface area (Å²) in [7, 11) is 0. The summed E-state index contributed by atoms with van der Waals surface area (Å²) in [6, 6.07) is 53.4. The maximum absolute atomic E-state index is 11.4. The van der Waals surface area contributed by atoms with Crippen molar-refractivity contribution in [3.8, 4) is 17.2 Å². The van der Waals surface area contributed by atoms with Gasteiger partial charge in [0.05, 0.1) is 5.56 Å². The van der Waals surface area contributed by atoms with E-state index >= 15 is 0 Å². The topological polar surface area (TPSA) is 33.3 Å². The fourth-order valence-electron chi connectivity index (χ4n) is 8.67. The van der Waals surface area contributed by atoms with Crippen molar-refractivity contribution >= 4 is 67.7 Å². The first-order chi connectivity index (χ1) is 30.2. The summed E-state index contributed by atoms with van der Waals surface area (Å²) in [4.78, 5) is 5.67. The number of allylic oxidation sites excluding steroid dienone is 5. The number of rotatable bonds is 11. The largest absolute Gasteiger partial charge is 0.341 e. The third-order valence-corrected chi connectivity index (χ3v) is 13.1. The second-order valence-corrected chi connectivity index (χ2v) is 16.9. The lowest BCUT2D eigenvalue weighted by Gasteiger charge is -2.27. The number of para-hydroxylation sites is 4.